The standard InChI is InChI=1S/C21H20FNO2/c1-2-21(24)23-10-9-14-5-6-17(11-16(14)13-23)25-18-7-8-19(15-3-4-15)20(22)12-18/h2,5-8,11-12,15H,1,3-4,9-10,13H2. The van der Waals surface area contributed by atoms with Crippen molar-refractivity contribution in [3.8, 4) is 11.5 Å². The fourth-order valence-electron chi connectivity index (χ4n) is 3.35. The van der Waals surface area contributed by atoms with Gasteiger partial charge >= 0.3 is 0 Å². The van der Waals surface area contributed by atoms with Crippen molar-refractivity contribution in [1.29, 1.82) is 0 Å². The first-order valence-corrected chi connectivity index (χ1v) is 8.64. The van der Waals surface area contributed by atoms with Gasteiger partial charge in [0.2, 0.25) is 5.91 Å². The normalized spacial score (nSPS) is 16.3. The number of ether oxygens (including phenoxy) is 1. The van der Waals surface area contributed by atoms with Gasteiger partial charge in [-0.3, -0.25) is 4.79 Å². The Balaban J connectivity index is 1.53. The van der Waals surface area contributed by atoms with Gasteiger partial charge < -0.3 is 9.64 Å². The topological polar surface area (TPSA) is 29.5 Å². The Morgan fingerprint density at radius 2 is 1.92 bits per heavy atom. The first-order valence-electron chi connectivity index (χ1n) is 8.64. The highest BCUT2D eigenvalue weighted by molar-refractivity contribution is 5.87. The maximum absolute atomic E-state index is 14.2. The highest BCUT2D eigenvalue weighted by atomic mass is 19.1. The zero-order valence-corrected chi connectivity index (χ0v) is 14.0. The lowest BCUT2D eigenvalue weighted by Crippen LogP contribution is -2.34. The van der Waals surface area contributed by atoms with Crippen LogP contribution in [0, 0.1) is 5.82 Å². The van der Waals surface area contributed by atoms with E-state index >= 15 is 0 Å². The first-order chi connectivity index (χ1) is 12.1. The van der Waals surface area contributed by atoms with Gasteiger partial charge in [0, 0.05) is 19.2 Å². The molecule has 25 heavy (non-hydrogen) atoms. The molecular formula is C21H20FNO2. The maximum Gasteiger partial charge on any atom is 0.246 e. The van der Waals surface area contributed by atoms with E-state index in [1.54, 1.807) is 4.90 Å². The molecule has 128 valence electrons. The molecule has 1 amide bonds. The number of hydrogen-bond donors (Lipinski definition) is 0. The van der Waals surface area contributed by atoms with Gasteiger partial charge in [0.15, 0.2) is 0 Å². The molecule has 2 aliphatic rings. The smallest absolute Gasteiger partial charge is 0.246 e. The van der Waals surface area contributed by atoms with Gasteiger partial charge in [-0.2, -0.15) is 0 Å². The summed E-state index contributed by atoms with van der Waals surface area (Å²) in [4.78, 5) is 13.6. The highest BCUT2D eigenvalue weighted by Gasteiger charge is 2.26. The van der Waals surface area contributed by atoms with Crippen LogP contribution in [0.25, 0.3) is 0 Å². The van der Waals surface area contributed by atoms with Crippen molar-refractivity contribution in [2.45, 2.75) is 31.7 Å². The van der Waals surface area contributed by atoms with Gasteiger partial charge in [-0.15, -0.1) is 0 Å². The van der Waals surface area contributed by atoms with Crippen LogP contribution in [0.5, 0.6) is 11.5 Å². The quantitative estimate of drug-likeness (QED) is 0.765. The summed E-state index contributed by atoms with van der Waals surface area (Å²) in [6.45, 7) is 4.79. The second kappa shape index (κ2) is 6.36. The van der Waals surface area contributed by atoms with E-state index in [0.717, 1.165) is 30.4 Å². The first kappa shape index (κ1) is 15.9. The second-order valence-corrected chi connectivity index (χ2v) is 6.70. The predicted molar refractivity (Wildman–Crippen MR) is 94.2 cm³/mol. The van der Waals surface area contributed by atoms with Gasteiger partial charge in [-0.05, 0) is 66.1 Å². The van der Waals surface area contributed by atoms with Crippen LogP contribution in [0.1, 0.15) is 35.4 Å². The van der Waals surface area contributed by atoms with Crippen LogP contribution in [-0.4, -0.2) is 17.4 Å². The van der Waals surface area contributed by atoms with Crippen molar-refractivity contribution in [2.75, 3.05) is 6.54 Å². The molecule has 0 atom stereocenters. The third-order valence-corrected chi connectivity index (χ3v) is 4.90. The molecule has 4 rings (SSSR count). The number of nitrogens with zero attached hydrogens (tertiary/aromatic N) is 1. The summed E-state index contributed by atoms with van der Waals surface area (Å²) in [7, 11) is 0. The molecule has 0 radical (unpaired) electrons. The molecule has 0 bridgehead atoms. The molecule has 2 aromatic carbocycles. The Hall–Kier alpha value is -2.62. The zero-order chi connectivity index (χ0) is 17.4. The fraction of sp³-hybridized carbons (Fsp3) is 0.286. The van der Waals surface area contributed by atoms with Gasteiger partial charge in [-0.25, -0.2) is 4.39 Å². The van der Waals surface area contributed by atoms with Crippen LogP contribution in [0.2, 0.25) is 0 Å². The van der Waals surface area contributed by atoms with Crippen LogP contribution < -0.4 is 4.74 Å². The van der Waals surface area contributed by atoms with Gasteiger partial charge in [0.1, 0.15) is 17.3 Å². The predicted octanol–water partition coefficient (Wildman–Crippen LogP) is 4.57. The van der Waals surface area contributed by atoms with Gasteiger partial charge in [0.05, 0.1) is 0 Å². The minimum absolute atomic E-state index is 0.0605. The summed E-state index contributed by atoms with van der Waals surface area (Å²) in [5, 5.41) is 0. The van der Waals surface area contributed by atoms with Gasteiger partial charge in [0.25, 0.3) is 0 Å². The number of carbonyl (C=O) groups is 1. The van der Waals surface area contributed by atoms with Crippen LogP contribution in [0.3, 0.4) is 0 Å². The van der Waals surface area contributed by atoms with Crippen LogP contribution in [0.15, 0.2) is 49.1 Å². The minimum atomic E-state index is -0.194. The van der Waals surface area contributed by atoms with E-state index in [9.17, 15) is 9.18 Å². The number of hydrogen-bond acceptors (Lipinski definition) is 2. The molecule has 0 saturated heterocycles. The molecule has 0 unspecified atom stereocenters. The van der Waals surface area contributed by atoms with E-state index in [4.69, 9.17) is 4.74 Å². The molecule has 0 spiro atoms. The monoisotopic (exact) mass is 337 g/mol. The Kier molecular flexibility index (Phi) is 4.04. The molecule has 1 saturated carbocycles. The van der Waals surface area contributed by atoms with E-state index in [1.807, 2.05) is 30.3 Å². The van der Waals surface area contributed by atoms with Crippen molar-refractivity contribution in [1.82, 2.24) is 4.90 Å². The lowest BCUT2D eigenvalue weighted by molar-refractivity contribution is -0.126. The Morgan fingerprint density at radius 1 is 1.16 bits per heavy atom. The van der Waals surface area contributed by atoms with E-state index < -0.39 is 0 Å². The van der Waals surface area contributed by atoms with Crippen molar-refractivity contribution < 1.29 is 13.9 Å². The highest BCUT2D eigenvalue weighted by Crippen LogP contribution is 2.42. The number of amides is 1. The van der Waals surface area contributed by atoms with Gasteiger partial charge in [-0.1, -0.05) is 18.7 Å². The maximum atomic E-state index is 14.2. The van der Waals surface area contributed by atoms with E-state index in [1.165, 1.54) is 17.7 Å². The average Bonchev–Trinajstić information content (AvgIpc) is 3.45. The Labute approximate surface area is 146 Å². The van der Waals surface area contributed by atoms with Crippen molar-refractivity contribution in [2.24, 2.45) is 0 Å². The summed E-state index contributed by atoms with van der Waals surface area (Å²) in [6, 6.07) is 11.0. The molecule has 0 aromatic heterocycles. The number of rotatable bonds is 4. The van der Waals surface area contributed by atoms with Crippen molar-refractivity contribution in [3.05, 3.63) is 71.6 Å². The Morgan fingerprint density at radius 3 is 2.64 bits per heavy atom. The number of fused-ring (bicyclic) bond motifs is 1. The third-order valence-electron chi connectivity index (χ3n) is 4.90. The van der Waals surface area contributed by atoms with E-state index in [-0.39, 0.29) is 11.7 Å². The number of halogens is 1. The van der Waals surface area contributed by atoms with Crippen molar-refractivity contribution >= 4 is 5.91 Å². The summed E-state index contributed by atoms with van der Waals surface area (Å²) < 4.78 is 20.0. The van der Waals surface area contributed by atoms with Crippen LogP contribution in [0.4, 0.5) is 4.39 Å². The largest absolute Gasteiger partial charge is 0.457 e. The molecule has 2 aromatic rings. The third kappa shape index (κ3) is 3.29. The summed E-state index contributed by atoms with van der Waals surface area (Å²) >= 11 is 0. The summed E-state index contributed by atoms with van der Waals surface area (Å²) in [5.74, 6) is 1.28. The molecular weight excluding hydrogens is 317 g/mol. The van der Waals surface area contributed by atoms with Crippen molar-refractivity contribution in [3.63, 3.8) is 0 Å². The molecule has 1 heterocycles. The summed E-state index contributed by atoms with van der Waals surface area (Å²) in [5.41, 5.74) is 3.07. The van der Waals surface area contributed by atoms with Crippen LogP contribution >= 0.6 is 0 Å². The molecule has 1 aliphatic heterocycles. The fourth-order valence-corrected chi connectivity index (χ4v) is 3.35. The zero-order valence-electron chi connectivity index (χ0n) is 14.0. The molecule has 4 heteroatoms. The molecule has 1 aliphatic carbocycles. The Bertz CT molecular complexity index is 842. The molecule has 1 fully saturated rings. The minimum Gasteiger partial charge on any atom is -0.457 e. The van der Waals surface area contributed by atoms with E-state index in [2.05, 4.69) is 6.58 Å². The second-order valence-electron chi connectivity index (χ2n) is 6.70. The van der Waals surface area contributed by atoms with Crippen LogP contribution in [-0.2, 0) is 17.8 Å². The average molecular weight is 337 g/mol. The van der Waals surface area contributed by atoms with E-state index in [0.29, 0.717) is 30.5 Å². The SMILES string of the molecule is C=CC(=O)N1CCc2ccc(Oc3ccc(C4CC4)c(F)c3)cc2C1. The molecule has 0 N–H and O–H groups in total. The summed E-state index contributed by atoms with van der Waals surface area (Å²) in [6.07, 6.45) is 4.30. The number of carbonyl (C=O) groups excluding carboxylic acids is 1. The lowest BCUT2D eigenvalue weighted by atomic mass is 9.99. The number of benzene rings is 2. The molecule has 3 nitrogen and oxygen atoms in total. The lowest BCUT2D eigenvalue weighted by Gasteiger charge is -2.28.